The van der Waals surface area contributed by atoms with E-state index in [4.69, 9.17) is 0 Å². The number of amides is 1. The van der Waals surface area contributed by atoms with Crippen LogP contribution in [0.3, 0.4) is 0 Å². The number of nitrogens with one attached hydrogen (secondary N) is 1. The Labute approximate surface area is 158 Å². The summed E-state index contributed by atoms with van der Waals surface area (Å²) in [6, 6.07) is 5.43. The molecule has 1 amide bonds. The largest absolute Gasteiger partial charge is 0.352 e. The zero-order valence-electron chi connectivity index (χ0n) is 16.8. The van der Waals surface area contributed by atoms with Crippen LogP contribution in [-0.2, 0) is 14.6 Å². The van der Waals surface area contributed by atoms with Crippen LogP contribution >= 0.6 is 0 Å². The second kappa shape index (κ2) is 8.12. The highest BCUT2D eigenvalue weighted by Gasteiger charge is 2.53. The van der Waals surface area contributed by atoms with Crippen molar-refractivity contribution in [1.29, 1.82) is 0 Å². The standard InChI is InChI=1S/C21H33NO3S/c1-15(2)8-11-18(5)22-20(23)21(12-6-7-13-21)26(24,25)19-14-16(3)9-10-17(19)4/h9-10,14-15,18H,6-8,11-13H2,1-5H3,(H,22,23). The SMILES string of the molecule is Cc1ccc(C)c(S(=O)(=O)C2(C(=O)NC(C)CCC(C)C)CCCC2)c1. The van der Waals surface area contributed by atoms with Crippen molar-refractivity contribution in [3.8, 4) is 0 Å². The highest BCUT2D eigenvalue weighted by molar-refractivity contribution is 7.93. The predicted molar refractivity (Wildman–Crippen MR) is 106 cm³/mol. The molecule has 1 fully saturated rings. The van der Waals surface area contributed by atoms with Crippen molar-refractivity contribution in [2.24, 2.45) is 5.92 Å². The lowest BCUT2D eigenvalue weighted by atomic mass is 10.0. The molecule has 2 rings (SSSR count). The summed E-state index contributed by atoms with van der Waals surface area (Å²) >= 11 is 0. The Hall–Kier alpha value is -1.36. The molecule has 0 aromatic heterocycles. The molecule has 1 aliphatic carbocycles. The molecular formula is C21H33NO3S. The lowest BCUT2D eigenvalue weighted by Gasteiger charge is -2.30. The molecule has 1 N–H and O–H groups in total. The van der Waals surface area contributed by atoms with E-state index < -0.39 is 14.6 Å². The number of hydrogen-bond donors (Lipinski definition) is 1. The first-order valence-corrected chi connectivity index (χ1v) is 11.2. The summed E-state index contributed by atoms with van der Waals surface area (Å²) in [7, 11) is -3.74. The lowest BCUT2D eigenvalue weighted by Crippen LogP contribution is -2.53. The average Bonchev–Trinajstić information content (AvgIpc) is 3.06. The Kier molecular flexibility index (Phi) is 6.54. The molecule has 0 bridgehead atoms. The van der Waals surface area contributed by atoms with Crippen LogP contribution in [-0.4, -0.2) is 25.1 Å². The Morgan fingerprint density at radius 1 is 1.12 bits per heavy atom. The van der Waals surface area contributed by atoms with Gasteiger partial charge >= 0.3 is 0 Å². The van der Waals surface area contributed by atoms with Crippen LogP contribution in [0.1, 0.15) is 70.4 Å². The van der Waals surface area contributed by atoms with Crippen molar-refractivity contribution in [3.05, 3.63) is 29.3 Å². The van der Waals surface area contributed by atoms with Crippen LogP contribution in [0.15, 0.2) is 23.1 Å². The van der Waals surface area contributed by atoms with Gasteiger partial charge in [-0.1, -0.05) is 38.8 Å². The number of carbonyl (C=O) groups is 1. The third kappa shape index (κ3) is 4.13. The van der Waals surface area contributed by atoms with Crippen molar-refractivity contribution in [2.75, 3.05) is 0 Å². The molecule has 0 radical (unpaired) electrons. The molecule has 0 saturated heterocycles. The van der Waals surface area contributed by atoms with E-state index in [1.807, 2.05) is 26.0 Å². The Morgan fingerprint density at radius 3 is 2.31 bits per heavy atom. The fraction of sp³-hybridized carbons (Fsp3) is 0.667. The smallest absolute Gasteiger partial charge is 0.242 e. The zero-order chi connectivity index (χ0) is 19.5. The maximum absolute atomic E-state index is 13.6. The fourth-order valence-electron chi connectivity index (χ4n) is 3.78. The van der Waals surface area contributed by atoms with Gasteiger partial charge in [0.1, 0.15) is 0 Å². The van der Waals surface area contributed by atoms with Crippen LogP contribution in [0.2, 0.25) is 0 Å². The van der Waals surface area contributed by atoms with E-state index in [0.717, 1.165) is 31.2 Å². The minimum atomic E-state index is -3.74. The maximum atomic E-state index is 13.6. The van der Waals surface area contributed by atoms with Crippen LogP contribution in [0.4, 0.5) is 0 Å². The molecule has 1 atom stereocenters. The van der Waals surface area contributed by atoms with E-state index in [1.165, 1.54) is 0 Å². The number of rotatable bonds is 7. The minimum Gasteiger partial charge on any atom is -0.352 e. The predicted octanol–water partition coefficient (Wildman–Crippen LogP) is 4.33. The normalized spacial score (nSPS) is 18.1. The Morgan fingerprint density at radius 2 is 1.73 bits per heavy atom. The summed E-state index contributed by atoms with van der Waals surface area (Å²) in [4.78, 5) is 13.5. The number of carbonyl (C=O) groups excluding carboxylic acids is 1. The summed E-state index contributed by atoms with van der Waals surface area (Å²) < 4.78 is 25.8. The molecular weight excluding hydrogens is 346 g/mol. The van der Waals surface area contributed by atoms with Gasteiger partial charge in [0.25, 0.3) is 0 Å². The minimum absolute atomic E-state index is 0.0174. The second-order valence-electron chi connectivity index (χ2n) is 8.32. The van der Waals surface area contributed by atoms with Crippen molar-refractivity contribution < 1.29 is 13.2 Å². The summed E-state index contributed by atoms with van der Waals surface area (Å²) in [6.07, 6.45) is 4.24. The molecule has 0 heterocycles. The third-order valence-electron chi connectivity index (χ3n) is 5.53. The summed E-state index contributed by atoms with van der Waals surface area (Å²) in [5.74, 6) is 0.251. The van der Waals surface area contributed by atoms with Gasteiger partial charge in [0.15, 0.2) is 14.6 Å². The van der Waals surface area contributed by atoms with E-state index >= 15 is 0 Å². The quantitative estimate of drug-likeness (QED) is 0.767. The number of aryl methyl sites for hydroxylation is 2. The topological polar surface area (TPSA) is 63.2 Å². The Balaban J connectivity index is 2.34. The summed E-state index contributed by atoms with van der Waals surface area (Å²) in [6.45, 7) is 9.95. The van der Waals surface area contributed by atoms with Crippen LogP contribution in [0.25, 0.3) is 0 Å². The van der Waals surface area contributed by atoms with Gasteiger partial charge in [-0.2, -0.15) is 0 Å². The van der Waals surface area contributed by atoms with Gasteiger partial charge in [0, 0.05) is 6.04 Å². The van der Waals surface area contributed by atoms with Gasteiger partial charge in [0.2, 0.25) is 5.91 Å². The third-order valence-corrected chi connectivity index (χ3v) is 8.17. The van der Waals surface area contributed by atoms with Gasteiger partial charge in [0.05, 0.1) is 4.90 Å². The summed E-state index contributed by atoms with van der Waals surface area (Å²) in [5.41, 5.74) is 1.61. The molecule has 1 aromatic carbocycles. The molecule has 1 aromatic rings. The molecule has 26 heavy (non-hydrogen) atoms. The highest BCUT2D eigenvalue weighted by Crippen LogP contribution is 2.42. The van der Waals surface area contributed by atoms with Crippen molar-refractivity contribution in [1.82, 2.24) is 5.32 Å². The van der Waals surface area contributed by atoms with E-state index in [0.29, 0.717) is 29.2 Å². The maximum Gasteiger partial charge on any atom is 0.242 e. The number of hydrogen-bond acceptors (Lipinski definition) is 3. The number of sulfone groups is 1. The molecule has 1 saturated carbocycles. The molecule has 5 heteroatoms. The first kappa shape index (κ1) is 20.9. The zero-order valence-corrected chi connectivity index (χ0v) is 17.6. The van der Waals surface area contributed by atoms with E-state index in [1.54, 1.807) is 13.0 Å². The number of benzene rings is 1. The van der Waals surface area contributed by atoms with E-state index in [-0.39, 0.29) is 11.9 Å². The lowest BCUT2D eigenvalue weighted by molar-refractivity contribution is -0.124. The highest BCUT2D eigenvalue weighted by atomic mass is 32.2. The van der Waals surface area contributed by atoms with E-state index in [9.17, 15) is 13.2 Å². The average molecular weight is 380 g/mol. The van der Waals surface area contributed by atoms with Gasteiger partial charge in [-0.15, -0.1) is 0 Å². The van der Waals surface area contributed by atoms with Crippen molar-refractivity contribution in [2.45, 2.75) is 88.8 Å². The second-order valence-corrected chi connectivity index (χ2v) is 10.5. The van der Waals surface area contributed by atoms with Gasteiger partial charge < -0.3 is 5.32 Å². The van der Waals surface area contributed by atoms with Gasteiger partial charge in [-0.3, -0.25) is 4.79 Å². The molecule has 0 aliphatic heterocycles. The van der Waals surface area contributed by atoms with E-state index in [2.05, 4.69) is 19.2 Å². The molecule has 0 spiro atoms. The van der Waals surface area contributed by atoms with Crippen molar-refractivity contribution in [3.63, 3.8) is 0 Å². The summed E-state index contributed by atoms with van der Waals surface area (Å²) in [5, 5.41) is 3.01. The first-order valence-electron chi connectivity index (χ1n) is 9.73. The molecule has 1 unspecified atom stereocenters. The van der Waals surface area contributed by atoms with Gasteiger partial charge in [-0.25, -0.2) is 8.42 Å². The van der Waals surface area contributed by atoms with Gasteiger partial charge in [-0.05, 0) is 69.6 Å². The first-order chi connectivity index (χ1) is 12.1. The van der Waals surface area contributed by atoms with Crippen LogP contribution in [0.5, 0.6) is 0 Å². The molecule has 4 nitrogen and oxygen atoms in total. The van der Waals surface area contributed by atoms with Crippen molar-refractivity contribution >= 4 is 15.7 Å². The molecule has 146 valence electrons. The fourth-order valence-corrected chi connectivity index (χ4v) is 6.17. The Bertz CT molecular complexity index is 747. The van der Waals surface area contributed by atoms with Crippen LogP contribution in [0, 0.1) is 19.8 Å². The van der Waals surface area contributed by atoms with Crippen LogP contribution < -0.4 is 5.32 Å². The monoisotopic (exact) mass is 379 g/mol. The molecule has 1 aliphatic rings.